The smallest absolute Gasteiger partial charge is 0.242 e. The third kappa shape index (κ3) is 8.58. The molecule has 35 heavy (non-hydrogen) atoms. The predicted octanol–water partition coefficient (Wildman–Crippen LogP) is 3.58. The Labute approximate surface area is 209 Å². The number of amides is 2. The molecule has 9 heteroatoms. The number of sulfonamides is 1. The van der Waals surface area contributed by atoms with Crippen LogP contribution in [0.3, 0.4) is 0 Å². The summed E-state index contributed by atoms with van der Waals surface area (Å²) >= 11 is 0. The van der Waals surface area contributed by atoms with E-state index in [9.17, 15) is 18.0 Å². The van der Waals surface area contributed by atoms with Crippen molar-refractivity contribution in [2.75, 3.05) is 30.8 Å². The van der Waals surface area contributed by atoms with Crippen LogP contribution >= 0.6 is 0 Å². The van der Waals surface area contributed by atoms with Gasteiger partial charge in [-0.2, -0.15) is 0 Å². The van der Waals surface area contributed by atoms with Gasteiger partial charge in [-0.15, -0.1) is 0 Å². The second-order valence-electron chi connectivity index (χ2n) is 8.36. The van der Waals surface area contributed by atoms with Gasteiger partial charge in [0.05, 0.1) is 19.1 Å². The van der Waals surface area contributed by atoms with E-state index in [0.29, 0.717) is 30.8 Å². The predicted molar refractivity (Wildman–Crippen MR) is 139 cm³/mol. The monoisotopic (exact) mass is 503 g/mol. The Kier molecular flexibility index (Phi) is 11.0. The lowest BCUT2D eigenvalue weighted by Crippen LogP contribution is -2.49. The minimum Gasteiger partial charge on any atom is -0.497 e. The number of rotatable bonds is 14. The lowest BCUT2D eigenvalue weighted by atomic mass is 10.1. The molecule has 1 atom stereocenters. The van der Waals surface area contributed by atoms with E-state index in [1.54, 1.807) is 36.3 Å². The summed E-state index contributed by atoms with van der Waals surface area (Å²) < 4.78 is 31.2. The fourth-order valence-corrected chi connectivity index (χ4v) is 4.78. The van der Waals surface area contributed by atoms with Gasteiger partial charge in [0.1, 0.15) is 11.8 Å². The van der Waals surface area contributed by atoms with Gasteiger partial charge in [0, 0.05) is 26.1 Å². The quantitative estimate of drug-likeness (QED) is 0.425. The van der Waals surface area contributed by atoms with Crippen LogP contribution in [0.25, 0.3) is 0 Å². The summed E-state index contributed by atoms with van der Waals surface area (Å²) in [6.45, 7) is 4.84. The zero-order chi connectivity index (χ0) is 25.8. The molecule has 2 aromatic carbocycles. The molecular weight excluding hydrogens is 466 g/mol. The van der Waals surface area contributed by atoms with Crippen molar-refractivity contribution in [1.29, 1.82) is 0 Å². The van der Waals surface area contributed by atoms with E-state index >= 15 is 0 Å². The zero-order valence-electron chi connectivity index (χ0n) is 21.1. The summed E-state index contributed by atoms with van der Waals surface area (Å²) in [7, 11) is -1.92. The molecule has 8 nitrogen and oxygen atoms in total. The average Bonchev–Trinajstić information content (AvgIpc) is 2.85. The highest BCUT2D eigenvalue weighted by Gasteiger charge is 2.28. The maximum absolute atomic E-state index is 13.4. The third-order valence-corrected chi connectivity index (χ3v) is 6.84. The Morgan fingerprint density at radius 3 is 2.23 bits per heavy atom. The molecule has 0 saturated carbocycles. The Morgan fingerprint density at radius 2 is 1.69 bits per heavy atom. The summed E-state index contributed by atoms with van der Waals surface area (Å²) in [5, 5.41) is 2.90. The Balaban J connectivity index is 2.18. The first-order valence-electron chi connectivity index (χ1n) is 11.9. The molecule has 0 saturated heterocycles. The topological polar surface area (TPSA) is 96.0 Å². The molecule has 0 radical (unpaired) electrons. The lowest BCUT2D eigenvalue weighted by molar-refractivity contribution is -0.141. The van der Waals surface area contributed by atoms with Crippen LogP contribution in [0.5, 0.6) is 5.75 Å². The second kappa shape index (κ2) is 13.7. The molecule has 0 heterocycles. The molecule has 1 N–H and O–H groups in total. The summed E-state index contributed by atoms with van der Waals surface area (Å²) in [5.74, 6) is 0.334. The first-order valence-corrected chi connectivity index (χ1v) is 13.8. The van der Waals surface area contributed by atoms with Gasteiger partial charge in [0.2, 0.25) is 21.8 Å². The van der Waals surface area contributed by atoms with Gasteiger partial charge in [-0.25, -0.2) is 8.42 Å². The molecule has 2 rings (SSSR count). The minimum absolute atomic E-state index is 0.118. The normalized spacial score (nSPS) is 12.0. The van der Waals surface area contributed by atoms with Crippen LogP contribution in [0, 0.1) is 0 Å². The molecule has 0 spiro atoms. The van der Waals surface area contributed by atoms with Crippen LogP contribution in [0.1, 0.15) is 45.1 Å². The average molecular weight is 504 g/mol. The number of hydrogen-bond donors (Lipinski definition) is 1. The Bertz CT molecular complexity index is 1040. The highest BCUT2D eigenvalue weighted by Crippen LogP contribution is 2.20. The number of carbonyl (C=O) groups excluding carboxylic acids is 2. The molecule has 0 aliphatic carbocycles. The van der Waals surface area contributed by atoms with Gasteiger partial charge >= 0.3 is 0 Å². The van der Waals surface area contributed by atoms with Crippen LogP contribution in [-0.2, 0) is 26.2 Å². The fourth-order valence-electron chi connectivity index (χ4n) is 3.81. The minimum atomic E-state index is -3.50. The number of nitrogens with one attached hydrogen (secondary N) is 1. The van der Waals surface area contributed by atoms with Gasteiger partial charge in [-0.1, -0.05) is 44.2 Å². The Morgan fingerprint density at radius 1 is 1.03 bits per heavy atom. The molecule has 0 aliphatic heterocycles. The maximum atomic E-state index is 13.4. The highest BCUT2D eigenvalue weighted by molar-refractivity contribution is 7.92. The molecule has 2 aromatic rings. The summed E-state index contributed by atoms with van der Waals surface area (Å²) in [4.78, 5) is 27.8. The maximum Gasteiger partial charge on any atom is 0.242 e. The van der Waals surface area contributed by atoms with E-state index in [1.165, 1.54) is 4.31 Å². The van der Waals surface area contributed by atoms with Crippen molar-refractivity contribution in [3.05, 3.63) is 60.2 Å². The van der Waals surface area contributed by atoms with E-state index in [-0.39, 0.29) is 31.3 Å². The molecule has 0 aliphatic rings. The standard InChI is InChI=1S/C26H37N3O5S/c1-5-18-27-26(31)24(6-2)28(20-21-14-16-23(34-3)17-15-21)25(30)13-10-19-29(35(4,32)33)22-11-8-7-9-12-22/h7-9,11-12,14-17,24H,5-6,10,13,18-20H2,1-4H3,(H,27,31)/t24-/m0/s1. The zero-order valence-corrected chi connectivity index (χ0v) is 21.9. The first-order chi connectivity index (χ1) is 16.7. The largest absolute Gasteiger partial charge is 0.497 e. The van der Waals surface area contributed by atoms with Crippen molar-refractivity contribution in [3.63, 3.8) is 0 Å². The molecule has 0 unspecified atom stereocenters. The van der Waals surface area contributed by atoms with E-state index < -0.39 is 16.1 Å². The molecular formula is C26H37N3O5S. The summed E-state index contributed by atoms with van der Waals surface area (Å²) in [6, 6.07) is 15.6. The fraction of sp³-hybridized carbons (Fsp3) is 0.462. The van der Waals surface area contributed by atoms with Gasteiger partial charge in [0.25, 0.3) is 0 Å². The molecule has 0 aromatic heterocycles. The first kappa shape index (κ1) is 28.2. The van der Waals surface area contributed by atoms with Crippen LogP contribution in [0.4, 0.5) is 5.69 Å². The number of anilines is 1. The SMILES string of the molecule is CCCNC(=O)[C@H](CC)N(Cc1ccc(OC)cc1)C(=O)CCCN(c1ccccc1)S(C)(=O)=O. The number of benzene rings is 2. The highest BCUT2D eigenvalue weighted by atomic mass is 32.2. The van der Waals surface area contributed by atoms with E-state index in [1.807, 2.05) is 44.2 Å². The molecule has 0 bridgehead atoms. The van der Waals surface area contributed by atoms with Crippen LogP contribution in [0.2, 0.25) is 0 Å². The van der Waals surface area contributed by atoms with Crippen molar-refractivity contribution in [3.8, 4) is 5.75 Å². The number of nitrogens with zero attached hydrogens (tertiary/aromatic N) is 2. The molecule has 192 valence electrons. The number of carbonyl (C=O) groups is 2. The summed E-state index contributed by atoms with van der Waals surface area (Å²) in [5.41, 5.74) is 1.44. The molecule has 0 fully saturated rings. The van der Waals surface area contributed by atoms with E-state index in [0.717, 1.165) is 18.2 Å². The van der Waals surface area contributed by atoms with Gasteiger partial charge in [-0.3, -0.25) is 13.9 Å². The number of ether oxygens (including phenoxy) is 1. The summed E-state index contributed by atoms with van der Waals surface area (Å²) in [6.07, 6.45) is 2.87. The number of methoxy groups -OCH3 is 1. The van der Waals surface area contributed by atoms with Crippen molar-refractivity contribution < 1.29 is 22.7 Å². The van der Waals surface area contributed by atoms with Gasteiger partial charge < -0.3 is 15.0 Å². The van der Waals surface area contributed by atoms with Crippen LogP contribution in [0.15, 0.2) is 54.6 Å². The van der Waals surface area contributed by atoms with Crippen molar-refractivity contribution in [2.45, 2.75) is 52.1 Å². The van der Waals surface area contributed by atoms with Crippen LogP contribution < -0.4 is 14.4 Å². The van der Waals surface area contributed by atoms with Crippen molar-refractivity contribution in [1.82, 2.24) is 10.2 Å². The number of hydrogen-bond acceptors (Lipinski definition) is 5. The number of para-hydroxylation sites is 1. The van der Waals surface area contributed by atoms with Gasteiger partial charge in [0.15, 0.2) is 0 Å². The van der Waals surface area contributed by atoms with Crippen LogP contribution in [-0.4, -0.2) is 57.6 Å². The van der Waals surface area contributed by atoms with Crippen molar-refractivity contribution >= 4 is 27.5 Å². The third-order valence-electron chi connectivity index (χ3n) is 5.64. The second-order valence-corrected chi connectivity index (χ2v) is 10.3. The molecule has 2 amide bonds. The lowest BCUT2D eigenvalue weighted by Gasteiger charge is -2.31. The van der Waals surface area contributed by atoms with E-state index in [2.05, 4.69) is 5.32 Å². The van der Waals surface area contributed by atoms with E-state index in [4.69, 9.17) is 4.74 Å². The Hall–Kier alpha value is -3.07. The van der Waals surface area contributed by atoms with Gasteiger partial charge in [-0.05, 0) is 49.1 Å². The van der Waals surface area contributed by atoms with Crippen molar-refractivity contribution in [2.24, 2.45) is 0 Å².